The van der Waals surface area contributed by atoms with Crippen LogP contribution in [0.3, 0.4) is 0 Å². The first-order valence-electron chi connectivity index (χ1n) is 22.7. The Balaban J connectivity index is 4.44. The van der Waals surface area contributed by atoms with E-state index < -0.39 is 32.5 Å². The number of likely N-dealkylation sites (N-methyl/N-ethyl adjacent to an activating group) is 1. The van der Waals surface area contributed by atoms with Crippen LogP contribution >= 0.6 is 7.82 Å². The van der Waals surface area contributed by atoms with Gasteiger partial charge in [0.25, 0.3) is 0 Å². The highest BCUT2D eigenvalue weighted by atomic mass is 31.2. The summed E-state index contributed by atoms with van der Waals surface area (Å²) in [4.78, 5) is 35.3. The number of unbranched alkanes of at least 4 members (excludes halogenated alkanes) is 21. The molecule has 2 atom stereocenters. The van der Waals surface area contributed by atoms with Crippen molar-refractivity contribution in [2.75, 3.05) is 47.5 Å². The third-order valence-corrected chi connectivity index (χ3v) is 10.6. The maximum atomic E-state index is 12.7. The van der Waals surface area contributed by atoms with Crippen LogP contribution in [0.25, 0.3) is 0 Å². The predicted octanol–water partition coefficient (Wildman–Crippen LogP) is 12.9. The minimum absolute atomic E-state index is 0.0199. The molecule has 0 bridgehead atoms. The van der Waals surface area contributed by atoms with E-state index in [1.165, 1.54) is 122 Å². The van der Waals surface area contributed by atoms with Crippen molar-refractivity contribution in [1.82, 2.24) is 0 Å². The Morgan fingerprint density at radius 2 is 1.00 bits per heavy atom. The Hall–Kier alpha value is -1.77. The molecule has 0 radical (unpaired) electrons. The number of carbonyl (C=O) groups is 2. The molecular weight excluding hydrogens is 725 g/mol. The molecule has 0 aromatic rings. The molecule has 0 fully saturated rings. The molecule has 0 saturated carbocycles. The van der Waals surface area contributed by atoms with Crippen LogP contribution in [-0.4, -0.2) is 74.9 Å². The summed E-state index contributed by atoms with van der Waals surface area (Å²) < 4.78 is 34.2. The van der Waals surface area contributed by atoms with Gasteiger partial charge in [-0.2, -0.15) is 0 Å². The number of quaternary nitrogens is 1. The Kier molecular flexibility index (Phi) is 37.5. The molecule has 0 aliphatic carbocycles. The minimum atomic E-state index is -4.39. The zero-order valence-corrected chi connectivity index (χ0v) is 37.8. The Bertz CT molecular complexity index is 1050. The fraction of sp³-hybridized carbons (Fsp3) is 0.826. The summed E-state index contributed by atoms with van der Waals surface area (Å²) in [5.41, 5.74) is 0. The van der Waals surface area contributed by atoms with Crippen LogP contribution in [0.5, 0.6) is 0 Å². The second-order valence-corrected chi connectivity index (χ2v) is 17.9. The van der Waals surface area contributed by atoms with Gasteiger partial charge >= 0.3 is 19.8 Å². The summed E-state index contributed by atoms with van der Waals surface area (Å²) in [7, 11) is 1.44. The van der Waals surface area contributed by atoms with Crippen molar-refractivity contribution in [1.29, 1.82) is 0 Å². The molecule has 0 aliphatic heterocycles. The molecule has 1 unspecified atom stereocenters. The smallest absolute Gasteiger partial charge is 0.462 e. The molecule has 10 heteroatoms. The number of ether oxygens (including phenoxy) is 2. The Labute approximate surface area is 344 Å². The fourth-order valence-electron chi connectivity index (χ4n) is 6.07. The zero-order valence-electron chi connectivity index (χ0n) is 36.9. The monoisotopic (exact) mass is 813 g/mol. The number of esters is 2. The van der Waals surface area contributed by atoms with Crippen molar-refractivity contribution < 1.29 is 42.1 Å². The van der Waals surface area contributed by atoms with Gasteiger partial charge < -0.3 is 18.9 Å². The van der Waals surface area contributed by atoms with Gasteiger partial charge in [0.1, 0.15) is 19.8 Å². The van der Waals surface area contributed by atoms with Gasteiger partial charge in [-0.15, -0.1) is 0 Å². The third-order valence-electron chi connectivity index (χ3n) is 9.66. The van der Waals surface area contributed by atoms with E-state index in [1.807, 2.05) is 27.2 Å². The van der Waals surface area contributed by atoms with E-state index in [2.05, 4.69) is 44.2 Å². The number of hydrogen-bond donors (Lipinski definition) is 1. The number of carbonyl (C=O) groups excluding carboxylic acids is 2. The lowest BCUT2D eigenvalue weighted by Gasteiger charge is -2.24. The molecule has 0 amide bonds. The summed E-state index contributed by atoms with van der Waals surface area (Å²) in [6.45, 7) is 4.34. The van der Waals surface area contributed by atoms with Crippen molar-refractivity contribution in [2.45, 2.75) is 200 Å². The molecule has 0 aromatic heterocycles. The van der Waals surface area contributed by atoms with E-state index in [4.69, 9.17) is 18.5 Å². The van der Waals surface area contributed by atoms with Crippen LogP contribution in [0, 0.1) is 0 Å². The quantitative estimate of drug-likeness (QED) is 0.0214. The fourth-order valence-corrected chi connectivity index (χ4v) is 6.81. The van der Waals surface area contributed by atoms with E-state index in [-0.39, 0.29) is 26.1 Å². The standard InChI is InChI=1S/C46H86NO8P/c1-6-8-10-12-14-16-18-20-22-23-25-27-29-31-33-35-37-39-46(49)55-44(43-54-56(50,51)53-41-40-47(3,4)5)42-52-45(48)38-36-34-32-30-28-26-24-21-19-17-15-13-11-9-7-2/h25,27,31-34,44H,6-24,26,28-30,35-43H2,1-5H3/p+1/b27-25+,33-31+,34-32+/t44-/m1/s1. The highest BCUT2D eigenvalue weighted by molar-refractivity contribution is 7.47. The van der Waals surface area contributed by atoms with Crippen molar-refractivity contribution in [2.24, 2.45) is 0 Å². The maximum absolute atomic E-state index is 12.7. The SMILES string of the molecule is CCCCCCCCCCC/C=C/C/C=C/CCCC(=O)O[C@H](COC(=O)CC/C=C/CCCCCCCCCCCCC)COP(=O)(O)OCC[N+](C)(C)C. The van der Waals surface area contributed by atoms with Crippen LogP contribution in [0.1, 0.15) is 194 Å². The largest absolute Gasteiger partial charge is 0.472 e. The van der Waals surface area contributed by atoms with Gasteiger partial charge in [-0.05, 0) is 51.4 Å². The van der Waals surface area contributed by atoms with Crippen LogP contribution < -0.4 is 0 Å². The second-order valence-electron chi connectivity index (χ2n) is 16.4. The molecule has 0 spiro atoms. The summed E-state index contributed by atoms with van der Waals surface area (Å²) >= 11 is 0. The minimum Gasteiger partial charge on any atom is -0.462 e. The molecule has 0 aliphatic rings. The van der Waals surface area contributed by atoms with Crippen molar-refractivity contribution >= 4 is 19.8 Å². The van der Waals surface area contributed by atoms with Crippen LogP contribution in [-0.2, 0) is 32.7 Å². The first kappa shape index (κ1) is 54.2. The van der Waals surface area contributed by atoms with Crippen molar-refractivity contribution in [3.05, 3.63) is 36.5 Å². The van der Waals surface area contributed by atoms with Crippen molar-refractivity contribution in [3.8, 4) is 0 Å². The lowest BCUT2D eigenvalue weighted by atomic mass is 10.1. The number of nitrogens with zero attached hydrogens (tertiary/aromatic N) is 1. The van der Waals surface area contributed by atoms with Gasteiger partial charge in [-0.25, -0.2) is 4.57 Å². The highest BCUT2D eigenvalue weighted by Gasteiger charge is 2.27. The first-order chi connectivity index (χ1) is 27.0. The molecule has 1 N–H and O–H groups in total. The van der Waals surface area contributed by atoms with Gasteiger partial charge in [0.15, 0.2) is 6.10 Å². The van der Waals surface area contributed by atoms with Gasteiger partial charge in [-0.1, -0.05) is 166 Å². The highest BCUT2D eigenvalue weighted by Crippen LogP contribution is 2.43. The van der Waals surface area contributed by atoms with Crippen LogP contribution in [0.2, 0.25) is 0 Å². The number of phosphoric acid groups is 1. The van der Waals surface area contributed by atoms with Gasteiger partial charge in [0, 0.05) is 12.8 Å². The summed E-state index contributed by atoms with van der Waals surface area (Å²) in [5.74, 6) is -0.905. The van der Waals surface area contributed by atoms with Crippen LogP contribution in [0.4, 0.5) is 0 Å². The molecule has 0 aromatic carbocycles. The normalized spacial score (nSPS) is 13.9. The number of phosphoric ester groups is 1. The molecule has 0 rings (SSSR count). The van der Waals surface area contributed by atoms with E-state index in [9.17, 15) is 19.0 Å². The molecule has 0 heterocycles. The molecule has 0 saturated heterocycles. The lowest BCUT2D eigenvalue weighted by Crippen LogP contribution is -2.37. The topological polar surface area (TPSA) is 108 Å². The summed E-state index contributed by atoms with van der Waals surface area (Å²) in [6, 6.07) is 0. The summed E-state index contributed by atoms with van der Waals surface area (Å²) in [6.07, 6.45) is 43.6. The number of hydrogen-bond acceptors (Lipinski definition) is 7. The average molecular weight is 813 g/mol. The van der Waals surface area contributed by atoms with E-state index in [1.54, 1.807) is 0 Å². The van der Waals surface area contributed by atoms with Crippen LogP contribution in [0.15, 0.2) is 36.5 Å². The Morgan fingerprint density at radius 1 is 0.554 bits per heavy atom. The van der Waals surface area contributed by atoms with Gasteiger partial charge in [-0.3, -0.25) is 18.6 Å². The first-order valence-corrected chi connectivity index (χ1v) is 24.2. The lowest BCUT2D eigenvalue weighted by molar-refractivity contribution is -0.870. The average Bonchev–Trinajstić information content (AvgIpc) is 3.15. The number of allylic oxidation sites excluding steroid dienone is 6. The van der Waals surface area contributed by atoms with Gasteiger partial charge in [0.05, 0.1) is 27.7 Å². The maximum Gasteiger partial charge on any atom is 0.472 e. The summed E-state index contributed by atoms with van der Waals surface area (Å²) in [5, 5.41) is 0. The van der Waals surface area contributed by atoms with Crippen molar-refractivity contribution in [3.63, 3.8) is 0 Å². The molecule has 328 valence electrons. The van der Waals surface area contributed by atoms with E-state index in [0.717, 1.165) is 32.1 Å². The second kappa shape index (κ2) is 38.7. The molecule has 9 nitrogen and oxygen atoms in total. The van der Waals surface area contributed by atoms with E-state index in [0.29, 0.717) is 23.9 Å². The van der Waals surface area contributed by atoms with E-state index >= 15 is 0 Å². The molecule has 56 heavy (non-hydrogen) atoms. The Morgan fingerprint density at radius 3 is 1.50 bits per heavy atom. The zero-order chi connectivity index (χ0) is 41.4. The predicted molar refractivity (Wildman–Crippen MR) is 234 cm³/mol. The number of rotatable bonds is 41. The van der Waals surface area contributed by atoms with Gasteiger partial charge in [0.2, 0.25) is 0 Å². The third kappa shape index (κ3) is 41.9. The molecular formula is C46H87NO8P+.